The minimum Gasteiger partial charge on any atom is -0.383 e. The molecule has 0 saturated carbocycles. The Hall–Kier alpha value is -1.62. The lowest BCUT2D eigenvalue weighted by atomic mass is 10.2. The minimum absolute atomic E-state index is 0.301. The standard InChI is InChI=1S/C13H18N4O/c1-8-9(2)17(6-10-4-3-5-18-10)13-11(8)12(14)15-7-16-13/h7,10H,3-6H2,1-2H3,(H2,14,15,16)/t10-/m1/s1. The summed E-state index contributed by atoms with van der Waals surface area (Å²) < 4.78 is 7.91. The molecular weight excluding hydrogens is 228 g/mol. The largest absolute Gasteiger partial charge is 0.383 e. The van der Waals surface area contributed by atoms with Gasteiger partial charge in [-0.3, -0.25) is 0 Å². The van der Waals surface area contributed by atoms with Gasteiger partial charge in [0.05, 0.1) is 18.0 Å². The number of hydrogen-bond acceptors (Lipinski definition) is 4. The zero-order valence-corrected chi connectivity index (χ0v) is 10.8. The molecule has 1 fully saturated rings. The number of aryl methyl sites for hydroxylation is 1. The number of ether oxygens (including phenoxy) is 1. The Morgan fingerprint density at radius 2 is 2.28 bits per heavy atom. The second-order valence-corrected chi connectivity index (χ2v) is 4.91. The molecule has 0 radical (unpaired) electrons. The van der Waals surface area contributed by atoms with Crippen LogP contribution in [0.1, 0.15) is 24.1 Å². The number of nitrogens with zero attached hydrogens (tertiary/aromatic N) is 3. The first-order valence-electron chi connectivity index (χ1n) is 6.36. The molecule has 2 aromatic rings. The lowest BCUT2D eigenvalue weighted by molar-refractivity contribution is 0.0974. The number of rotatable bonds is 2. The average Bonchev–Trinajstić information content (AvgIpc) is 2.94. The smallest absolute Gasteiger partial charge is 0.146 e. The fourth-order valence-electron chi connectivity index (χ4n) is 2.71. The summed E-state index contributed by atoms with van der Waals surface area (Å²) >= 11 is 0. The first-order chi connectivity index (χ1) is 8.68. The van der Waals surface area contributed by atoms with E-state index in [1.807, 2.05) is 0 Å². The molecule has 3 heterocycles. The van der Waals surface area contributed by atoms with Gasteiger partial charge in [0.1, 0.15) is 17.8 Å². The summed E-state index contributed by atoms with van der Waals surface area (Å²) in [6.07, 6.45) is 4.11. The van der Waals surface area contributed by atoms with E-state index in [4.69, 9.17) is 10.5 Å². The molecule has 0 bridgehead atoms. The van der Waals surface area contributed by atoms with Crippen LogP contribution in [0.2, 0.25) is 0 Å². The minimum atomic E-state index is 0.301. The summed E-state index contributed by atoms with van der Waals surface area (Å²) in [6.45, 7) is 5.90. The van der Waals surface area contributed by atoms with Crippen LogP contribution in [0, 0.1) is 13.8 Å². The van der Waals surface area contributed by atoms with Gasteiger partial charge in [-0.1, -0.05) is 0 Å². The lowest BCUT2D eigenvalue weighted by Gasteiger charge is -2.13. The highest BCUT2D eigenvalue weighted by atomic mass is 16.5. The van der Waals surface area contributed by atoms with Crippen molar-refractivity contribution >= 4 is 16.9 Å². The molecule has 1 saturated heterocycles. The van der Waals surface area contributed by atoms with Gasteiger partial charge in [0.15, 0.2) is 0 Å². The van der Waals surface area contributed by atoms with Crippen LogP contribution in [-0.4, -0.2) is 27.2 Å². The highest BCUT2D eigenvalue weighted by Crippen LogP contribution is 2.28. The molecule has 3 rings (SSSR count). The van der Waals surface area contributed by atoms with Gasteiger partial charge in [0.25, 0.3) is 0 Å². The maximum atomic E-state index is 5.95. The summed E-state index contributed by atoms with van der Waals surface area (Å²) in [6, 6.07) is 0. The van der Waals surface area contributed by atoms with Crippen molar-refractivity contribution in [2.75, 3.05) is 12.3 Å². The van der Waals surface area contributed by atoms with Crippen molar-refractivity contribution in [3.8, 4) is 0 Å². The maximum absolute atomic E-state index is 5.95. The SMILES string of the molecule is Cc1c(C)n(C[C@H]2CCCO2)c2ncnc(N)c12. The maximum Gasteiger partial charge on any atom is 0.146 e. The lowest BCUT2D eigenvalue weighted by Crippen LogP contribution is -2.16. The van der Waals surface area contributed by atoms with Gasteiger partial charge in [-0.25, -0.2) is 9.97 Å². The van der Waals surface area contributed by atoms with E-state index in [9.17, 15) is 0 Å². The topological polar surface area (TPSA) is 66.0 Å². The van der Waals surface area contributed by atoms with Crippen LogP contribution in [0.4, 0.5) is 5.82 Å². The van der Waals surface area contributed by atoms with E-state index in [0.717, 1.165) is 37.0 Å². The highest BCUT2D eigenvalue weighted by molar-refractivity contribution is 5.90. The Morgan fingerprint density at radius 3 is 3.00 bits per heavy atom. The van der Waals surface area contributed by atoms with Crippen LogP contribution in [0.25, 0.3) is 11.0 Å². The third-order valence-electron chi connectivity index (χ3n) is 3.85. The Kier molecular flexibility index (Phi) is 2.70. The summed E-state index contributed by atoms with van der Waals surface area (Å²) in [7, 11) is 0. The van der Waals surface area contributed by atoms with Crippen LogP contribution >= 0.6 is 0 Å². The molecule has 18 heavy (non-hydrogen) atoms. The number of aromatic nitrogens is 3. The van der Waals surface area contributed by atoms with Gasteiger partial charge in [-0.15, -0.1) is 0 Å². The van der Waals surface area contributed by atoms with Crippen molar-refractivity contribution in [3.05, 3.63) is 17.6 Å². The third-order valence-corrected chi connectivity index (χ3v) is 3.85. The molecule has 96 valence electrons. The molecule has 5 heteroatoms. The van der Waals surface area contributed by atoms with Crippen molar-refractivity contribution in [1.29, 1.82) is 0 Å². The Labute approximate surface area is 106 Å². The molecule has 0 aromatic carbocycles. The van der Waals surface area contributed by atoms with Crippen LogP contribution in [0.5, 0.6) is 0 Å². The van der Waals surface area contributed by atoms with Gasteiger partial charge in [-0.2, -0.15) is 0 Å². The summed E-state index contributed by atoms with van der Waals surface area (Å²) in [5, 5.41) is 0.980. The van der Waals surface area contributed by atoms with Crippen molar-refractivity contribution in [3.63, 3.8) is 0 Å². The molecule has 0 spiro atoms. The van der Waals surface area contributed by atoms with Crippen LogP contribution in [0.15, 0.2) is 6.33 Å². The van der Waals surface area contributed by atoms with E-state index in [2.05, 4.69) is 28.4 Å². The first kappa shape index (κ1) is 11.5. The molecule has 2 aromatic heterocycles. The van der Waals surface area contributed by atoms with Crippen molar-refractivity contribution in [1.82, 2.24) is 14.5 Å². The Morgan fingerprint density at radius 1 is 1.44 bits per heavy atom. The fraction of sp³-hybridized carbons (Fsp3) is 0.538. The molecule has 1 aliphatic rings. The normalized spacial score (nSPS) is 19.8. The zero-order chi connectivity index (χ0) is 12.7. The van der Waals surface area contributed by atoms with Crippen molar-refractivity contribution < 1.29 is 4.74 Å². The molecule has 0 unspecified atom stereocenters. The van der Waals surface area contributed by atoms with E-state index >= 15 is 0 Å². The third kappa shape index (κ3) is 1.66. The first-order valence-corrected chi connectivity index (χ1v) is 6.36. The predicted molar refractivity (Wildman–Crippen MR) is 70.4 cm³/mol. The van der Waals surface area contributed by atoms with E-state index in [0.29, 0.717) is 11.9 Å². The van der Waals surface area contributed by atoms with Gasteiger partial charge < -0.3 is 15.0 Å². The molecule has 5 nitrogen and oxygen atoms in total. The van der Waals surface area contributed by atoms with Crippen molar-refractivity contribution in [2.24, 2.45) is 0 Å². The van der Waals surface area contributed by atoms with Gasteiger partial charge in [-0.05, 0) is 32.3 Å². The van der Waals surface area contributed by atoms with Crippen molar-refractivity contribution in [2.45, 2.75) is 39.3 Å². The molecule has 1 aliphatic heterocycles. The van der Waals surface area contributed by atoms with Gasteiger partial charge in [0, 0.05) is 12.3 Å². The summed E-state index contributed by atoms with van der Waals surface area (Å²) in [5.41, 5.74) is 9.25. The molecular formula is C13H18N4O. The predicted octanol–water partition coefficient (Wildman–Crippen LogP) is 1.81. The Bertz CT molecular complexity index is 584. The van der Waals surface area contributed by atoms with Gasteiger partial charge >= 0.3 is 0 Å². The zero-order valence-electron chi connectivity index (χ0n) is 10.8. The number of nitrogen functional groups attached to an aromatic ring is 1. The summed E-state index contributed by atoms with van der Waals surface area (Å²) in [5.74, 6) is 0.562. The number of nitrogens with two attached hydrogens (primary N) is 1. The van der Waals surface area contributed by atoms with E-state index < -0.39 is 0 Å². The molecule has 2 N–H and O–H groups in total. The van der Waals surface area contributed by atoms with Crippen LogP contribution < -0.4 is 5.73 Å². The number of fused-ring (bicyclic) bond motifs is 1. The van der Waals surface area contributed by atoms with Crippen LogP contribution in [0.3, 0.4) is 0 Å². The highest BCUT2D eigenvalue weighted by Gasteiger charge is 2.21. The number of anilines is 1. The Balaban J connectivity index is 2.10. The quantitative estimate of drug-likeness (QED) is 0.877. The summed E-state index contributed by atoms with van der Waals surface area (Å²) in [4.78, 5) is 8.46. The average molecular weight is 246 g/mol. The second kappa shape index (κ2) is 4.24. The van der Waals surface area contributed by atoms with E-state index in [-0.39, 0.29) is 0 Å². The second-order valence-electron chi connectivity index (χ2n) is 4.91. The molecule has 1 atom stereocenters. The van der Waals surface area contributed by atoms with E-state index in [1.54, 1.807) is 0 Å². The van der Waals surface area contributed by atoms with E-state index in [1.165, 1.54) is 17.6 Å². The molecule has 0 aliphatic carbocycles. The van der Waals surface area contributed by atoms with Crippen LogP contribution in [-0.2, 0) is 11.3 Å². The molecule has 0 amide bonds. The fourth-order valence-corrected chi connectivity index (χ4v) is 2.71. The monoisotopic (exact) mass is 246 g/mol. The van der Waals surface area contributed by atoms with Gasteiger partial charge in [0.2, 0.25) is 0 Å². The number of hydrogen-bond donors (Lipinski definition) is 1.